The average molecular weight is 800 g/mol. The second-order valence-electron chi connectivity index (χ2n) is 18.3. The largest absolute Gasteiger partial charge is 0.309 e. The fourth-order valence-corrected chi connectivity index (χ4v) is 10.2. The van der Waals surface area contributed by atoms with Gasteiger partial charge in [0.25, 0.3) is 0 Å². The van der Waals surface area contributed by atoms with E-state index in [0.717, 1.165) is 28.1 Å². The lowest BCUT2D eigenvalue weighted by molar-refractivity contribution is 0.332. The molecular formula is C57H45N5. The standard InChI is InChI=1S/C57H45N5/c1-56(2)32-33-57(3,4)48-35-51-46(34-47(48)56)45-31-26-36-14-8-9-17-42(36)52(45)62(51)41-29-24-39(25-30-41)55-59-53(37-15-6-5-7-16-37)58-54(60-55)38-22-27-40(28-23-38)61-49-20-12-10-18-43(49)44-19-11-13-21-50(44)61/h5-31,34-35H,32-33H2,1-4H3. The molecule has 0 fully saturated rings. The number of nitrogens with zero attached hydrogens (tertiary/aromatic N) is 5. The average Bonchev–Trinajstić information content (AvgIpc) is 3.83. The Labute approximate surface area is 361 Å². The summed E-state index contributed by atoms with van der Waals surface area (Å²) in [6.07, 6.45) is 2.35. The minimum absolute atomic E-state index is 0.0878. The smallest absolute Gasteiger partial charge is 0.164 e. The van der Waals surface area contributed by atoms with E-state index < -0.39 is 0 Å². The molecule has 11 aromatic rings. The van der Waals surface area contributed by atoms with Crippen LogP contribution in [0.15, 0.2) is 176 Å². The van der Waals surface area contributed by atoms with Crippen LogP contribution < -0.4 is 0 Å². The predicted octanol–water partition coefficient (Wildman–Crippen LogP) is 14.6. The second kappa shape index (κ2) is 13.6. The maximum Gasteiger partial charge on any atom is 0.164 e. The minimum Gasteiger partial charge on any atom is -0.309 e. The Morgan fingerprint density at radius 1 is 0.371 bits per heavy atom. The van der Waals surface area contributed by atoms with Crippen molar-refractivity contribution >= 4 is 54.4 Å². The summed E-state index contributed by atoms with van der Waals surface area (Å²) in [6, 6.07) is 63.2. The highest BCUT2D eigenvalue weighted by Crippen LogP contribution is 2.49. The molecule has 0 bridgehead atoms. The minimum atomic E-state index is 0.0878. The van der Waals surface area contributed by atoms with E-state index >= 15 is 0 Å². The number of hydrogen-bond donors (Lipinski definition) is 0. The molecule has 1 aliphatic rings. The van der Waals surface area contributed by atoms with Crippen LogP contribution in [-0.2, 0) is 10.8 Å². The van der Waals surface area contributed by atoms with Crippen LogP contribution in [0, 0.1) is 0 Å². The third kappa shape index (κ3) is 5.65. The van der Waals surface area contributed by atoms with Crippen molar-refractivity contribution < 1.29 is 0 Å². The van der Waals surface area contributed by atoms with Crippen LogP contribution in [0.2, 0.25) is 0 Å². The van der Waals surface area contributed by atoms with Crippen LogP contribution >= 0.6 is 0 Å². The number of hydrogen-bond acceptors (Lipinski definition) is 3. The van der Waals surface area contributed by atoms with Crippen molar-refractivity contribution in [3.63, 3.8) is 0 Å². The molecule has 0 saturated heterocycles. The van der Waals surface area contributed by atoms with Gasteiger partial charge >= 0.3 is 0 Å². The van der Waals surface area contributed by atoms with Gasteiger partial charge in [0.1, 0.15) is 0 Å². The van der Waals surface area contributed by atoms with E-state index in [-0.39, 0.29) is 10.8 Å². The summed E-state index contributed by atoms with van der Waals surface area (Å²) in [5.74, 6) is 1.92. The van der Waals surface area contributed by atoms with Crippen LogP contribution in [0.25, 0.3) is 99.9 Å². The molecule has 1 aliphatic carbocycles. The highest BCUT2D eigenvalue weighted by Gasteiger charge is 2.38. The van der Waals surface area contributed by atoms with Crippen molar-refractivity contribution in [3.05, 3.63) is 187 Å². The van der Waals surface area contributed by atoms with Crippen LogP contribution in [-0.4, -0.2) is 24.1 Å². The van der Waals surface area contributed by atoms with E-state index in [0.29, 0.717) is 17.5 Å². The van der Waals surface area contributed by atoms with E-state index in [1.165, 1.54) is 78.4 Å². The molecule has 0 N–H and O–H groups in total. The molecule has 12 rings (SSSR count). The maximum absolute atomic E-state index is 5.17. The lowest BCUT2D eigenvalue weighted by atomic mass is 9.63. The Hall–Kier alpha value is -7.37. The first-order valence-corrected chi connectivity index (χ1v) is 21.7. The monoisotopic (exact) mass is 799 g/mol. The van der Waals surface area contributed by atoms with Crippen molar-refractivity contribution in [1.29, 1.82) is 0 Å². The van der Waals surface area contributed by atoms with Gasteiger partial charge in [-0.1, -0.05) is 131 Å². The number of rotatable bonds is 5. The molecule has 8 aromatic carbocycles. The van der Waals surface area contributed by atoms with Gasteiger partial charge in [0, 0.05) is 55.0 Å². The first-order chi connectivity index (χ1) is 30.2. The zero-order chi connectivity index (χ0) is 41.7. The Bertz CT molecular complexity index is 3500. The molecule has 5 heteroatoms. The van der Waals surface area contributed by atoms with Crippen molar-refractivity contribution in [2.45, 2.75) is 51.4 Å². The Morgan fingerprint density at radius 2 is 0.839 bits per heavy atom. The van der Waals surface area contributed by atoms with Gasteiger partial charge in [-0.25, -0.2) is 15.0 Å². The summed E-state index contributed by atoms with van der Waals surface area (Å²) < 4.78 is 4.82. The molecule has 5 nitrogen and oxygen atoms in total. The fraction of sp³-hybridized carbons (Fsp3) is 0.140. The zero-order valence-corrected chi connectivity index (χ0v) is 35.4. The first-order valence-electron chi connectivity index (χ1n) is 21.7. The normalized spacial score (nSPS) is 14.6. The molecule has 0 saturated carbocycles. The van der Waals surface area contributed by atoms with Crippen LogP contribution in [0.4, 0.5) is 0 Å². The van der Waals surface area contributed by atoms with E-state index in [1.54, 1.807) is 0 Å². The molecule has 0 radical (unpaired) electrons. The molecule has 0 unspecified atom stereocenters. The molecule has 0 spiro atoms. The predicted molar refractivity (Wildman–Crippen MR) is 258 cm³/mol. The molecule has 3 heterocycles. The molecule has 298 valence electrons. The van der Waals surface area contributed by atoms with Crippen molar-refractivity contribution in [2.75, 3.05) is 0 Å². The molecule has 0 atom stereocenters. The van der Waals surface area contributed by atoms with Gasteiger partial charge in [-0.2, -0.15) is 0 Å². The van der Waals surface area contributed by atoms with Gasteiger partial charge in [-0.15, -0.1) is 0 Å². The van der Waals surface area contributed by atoms with Crippen molar-refractivity contribution in [2.24, 2.45) is 0 Å². The number of aromatic nitrogens is 5. The number of benzene rings is 8. The topological polar surface area (TPSA) is 48.5 Å². The van der Waals surface area contributed by atoms with Gasteiger partial charge in [0.05, 0.1) is 22.1 Å². The van der Waals surface area contributed by atoms with Crippen molar-refractivity contribution in [3.8, 4) is 45.5 Å². The summed E-state index contributed by atoms with van der Waals surface area (Å²) in [6.45, 7) is 9.66. The quantitative estimate of drug-likeness (QED) is 0.174. The second-order valence-corrected chi connectivity index (χ2v) is 18.3. The van der Waals surface area contributed by atoms with Gasteiger partial charge < -0.3 is 9.13 Å². The molecular weight excluding hydrogens is 755 g/mol. The fourth-order valence-electron chi connectivity index (χ4n) is 10.2. The van der Waals surface area contributed by atoms with Crippen molar-refractivity contribution in [1.82, 2.24) is 24.1 Å². The van der Waals surface area contributed by atoms with E-state index in [9.17, 15) is 0 Å². The Balaban J connectivity index is 0.997. The molecule has 0 aliphatic heterocycles. The van der Waals surface area contributed by atoms with Gasteiger partial charge in [0.2, 0.25) is 0 Å². The molecule has 62 heavy (non-hydrogen) atoms. The van der Waals surface area contributed by atoms with Crippen LogP contribution in [0.1, 0.15) is 51.7 Å². The van der Waals surface area contributed by atoms with E-state index in [1.807, 2.05) is 18.2 Å². The summed E-state index contributed by atoms with van der Waals surface area (Å²) in [5.41, 5.74) is 13.0. The van der Waals surface area contributed by atoms with Crippen LogP contribution in [0.5, 0.6) is 0 Å². The Morgan fingerprint density at radius 3 is 1.42 bits per heavy atom. The summed E-state index contributed by atoms with van der Waals surface area (Å²) in [4.78, 5) is 15.3. The number of para-hydroxylation sites is 2. The lowest BCUT2D eigenvalue weighted by Crippen LogP contribution is -2.33. The van der Waals surface area contributed by atoms with Crippen LogP contribution in [0.3, 0.4) is 0 Å². The third-order valence-corrected chi connectivity index (χ3v) is 13.6. The Kier molecular flexibility index (Phi) is 7.98. The number of fused-ring (bicyclic) bond motifs is 9. The highest BCUT2D eigenvalue weighted by molar-refractivity contribution is 6.19. The molecule has 0 amide bonds. The van der Waals surface area contributed by atoms with Gasteiger partial charge in [-0.3, -0.25) is 0 Å². The maximum atomic E-state index is 5.17. The highest BCUT2D eigenvalue weighted by atomic mass is 15.0. The third-order valence-electron chi connectivity index (χ3n) is 13.6. The summed E-state index contributed by atoms with van der Waals surface area (Å²) >= 11 is 0. The SMILES string of the molecule is CC1(C)CCC(C)(C)c2cc3c(cc21)c1ccc2ccccc2c1n3-c1ccc(-c2nc(-c3ccccc3)nc(-c3ccc(-n4c5ccccc5c5ccccc54)cc3)n2)cc1. The zero-order valence-electron chi connectivity index (χ0n) is 35.4. The first kappa shape index (κ1) is 36.5. The van der Waals surface area contributed by atoms with Gasteiger partial charge in [-0.05, 0) is 113 Å². The lowest BCUT2D eigenvalue weighted by Gasteiger charge is -2.42. The van der Waals surface area contributed by atoms with E-state index in [4.69, 9.17) is 15.0 Å². The summed E-state index contributed by atoms with van der Waals surface area (Å²) in [5, 5.41) is 7.56. The molecule has 3 aromatic heterocycles. The summed E-state index contributed by atoms with van der Waals surface area (Å²) in [7, 11) is 0. The van der Waals surface area contributed by atoms with Gasteiger partial charge in [0.15, 0.2) is 17.5 Å². The van der Waals surface area contributed by atoms with E-state index in [2.05, 4.69) is 195 Å².